The van der Waals surface area contributed by atoms with Crippen LogP contribution in [0.5, 0.6) is 0 Å². The molecule has 11 heteroatoms. The maximum atomic E-state index is 13.5. The van der Waals surface area contributed by atoms with E-state index in [1.807, 2.05) is 4.90 Å². The summed E-state index contributed by atoms with van der Waals surface area (Å²) in [5.41, 5.74) is 2.98. The Bertz CT molecular complexity index is 1160. The van der Waals surface area contributed by atoms with E-state index in [1.165, 1.54) is 31.0 Å². The number of likely N-dealkylation sites (tertiary alicyclic amines) is 1. The summed E-state index contributed by atoms with van der Waals surface area (Å²) in [6.07, 6.45) is 3.36. The van der Waals surface area contributed by atoms with E-state index in [0.717, 1.165) is 41.2 Å². The zero-order valence-electron chi connectivity index (χ0n) is 18.2. The number of aromatic nitrogens is 4. The molecule has 1 aromatic carbocycles. The number of hydrogen-bond acceptors (Lipinski definition) is 9. The maximum absolute atomic E-state index is 13.5. The molecule has 1 fully saturated rings. The van der Waals surface area contributed by atoms with Gasteiger partial charge in [-0.25, -0.2) is 14.4 Å². The van der Waals surface area contributed by atoms with E-state index in [0.29, 0.717) is 28.8 Å². The number of halogens is 1. The van der Waals surface area contributed by atoms with Gasteiger partial charge in [0.25, 0.3) is 5.91 Å². The topological polar surface area (TPSA) is 98.2 Å². The number of carbonyl (C=O) groups excluding carboxylic acids is 2. The molecule has 0 saturated carbocycles. The fourth-order valence-corrected chi connectivity index (χ4v) is 5.03. The number of amides is 1. The van der Waals surface area contributed by atoms with Gasteiger partial charge in [0.2, 0.25) is 0 Å². The first kappa shape index (κ1) is 23.2. The lowest BCUT2D eigenvalue weighted by Crippen LogP contribution is -2.39. The second-order valence-electron chi connectivity index (χ2n) is 7.60. The first-order valence-electron chi connectivity index (χ1n) is 10.4. The van der Waals surface area contributed by atoms with E-state index in [1.54, 1.807) is 25.3 Å². The summed E-state index contributed by atoms with van der Waals surface area (Å²) in [7, 11) is 1.33. The van der Waals surface area contributed by atoms with Crippen molar-refractivity contribution in [1.82, 2.24) is 24.5 Å². The summed E-state index contributed by atoms with van der Waals surface area (Å²) in [5, 5.41) is 4.40. The lowest BCUT2D eigenvalue weighted by atomic mass is 9.90. The zero-order valence-corrected chi connectivity index (χ0v) is 19.8. The highest BCUT2D eigenvalue weighted by molar-refractivity contribution is 7.99. The van der Waals surface area contributed by atoms with Gasteiger partial charge in [-0.3, -0.25) is 9.59 Å². The maximum Gasteiger partial charge on any atom is 0.316 e. The Kier molecular flexibility index (Phi) is 7.29. The molecule has 0 bridgehead atoms. The Morgan fingerprint density at radius 2 is 2.09 bits per heavy atom. The van der Waals surface area contributed by atoms with Crippen molar-refractivity contribution in [2.45, 2.75) is 30.8 Å². The van der Waals surface area contributed by atoms with Crippen molar-refractivity contribution in [2.24, 2.45) is 0 Å². The quantitative estimate of drug-likeness (QED) is 0.295. The number of hydrogen-bond donors (Lipinski definition) is 0. The number of esters is 1. The lowest BCUT2D eigenvalue weighted by molar-refractivity contribution is -0.137. The summed E-state index contributed by atoms with van der Waals surface area (Å²) in [5.74, 6) is -0.710. The van der Waals surface area contributed by atoms with Gasteiger partial charge in [0, 0.05) is 30.8 Å². The first-order chi connectivity index (χ1) is 16.0. The van der Waals surface area contributed by atoms with Crippen LogP contribution in [-0.4, -0.2) is 62.3 Å². The van der Waals surface area contributed by atoms with Gasteiger partial charge in [0.1, 0.15) is 10.7 Å². The van der Waals surface area contributed by atoms with Crippen LogP contribution in [0.1, 0.15) is 39.8 Å². The van der Waals surface area contributed by atoms with Crippen LogP contribution in [-0.2, 0) is 9.53 Å². The van der Waals surface area contributed by atoms with Crippen LogP contribution in [0.25, 0.3) is 11.1 Å². The van der Waals surface area contributed by atoms with E-state index in [9.17, 15) is 14.0 Å². The van der Waals surface area contributed by atoms with Gasteiger partial charge in [-0.15, -0.1) is 5.10 Å². The van der Waals surface area contributed by atoms with Gasteiger partial charge < -0.3 is 9.64 Å². The van der Waals surface area contributed by atoms with Gasteiger partial charge in [0.05, 0.1) is 24.3 Å². The number of thioether (sulfide) groups is 1. The molecule has 8 nitrogen and oxygen atoms in total. The van der Waals surface area contributed by atoms with Crippen LogP contribution in [0.2, 0.25) is 0 Å². The smallest absolute Gasteiger partial charge is 0.316 e. The Hall–Kier alpha value is -2.92. The standard InChI is InChI=1S/C22H22FN5O3S2/c1-13-20(33-27-26-13)21(30)28-9-3-4-15(11-28)19-17(14-5-7-16(23)8-6-14)10-24-22(25-19)32-12-18(29)31-2/h5-8,10,15H,3-4,9,11-12H2,1-2H3/t15-/m0/s1. The average molecular weight is 488 g/mol. The van der Waals surface area contributed by atoms with Gasteiger partial charge in [0.15, 0.2) is 5.16 Å². The second kappa shape index (κ2) is 10.3. The third-order valence-electron chi connectivity index (χ3n) is 5.44. The molecule has 0 unspecified atom stereocenters. The minimum Gasteiger partial charge on any atom is -0.468 e. The fraction of sp³-hybridized carbons (Fsp3) is 0.364. The minimum atomic E-state index is -0.365. The molecule has 3 heterocycles. The number of piperidine rings is 1. The van der Waals surface area contributed by atoms with Crippen molar-refractivity contribution in [3.63, 3.8) is 0 Å². The predicted octanol–water partition coefficient (Wildman–Crippen LogP) is 3.73. The van der Waals surface area contributed by atoms with Crippen molar-refractivity contribution < 1.29 is 18.7 Å². The molecule has 0 radical (unpaired) electrons. The molecule has 4 rings (SSSR count). The fourth-order valence-electron chi connectivity index (χ4n) is 3.75. The molecule has 1 aliphatic heterocycles. The number of carbonyl (C=O) groups is 2. The van der Waals surface area contributed by atoms with Crippen LogP contribution in [0, 0.1) is 12.7 Å². The lowest BCUT2D eigenvalue weighted by Gasteiger charge is -2.33. The van der Waals surface area contributed by atoms with Crippen LogP contribution >= 0.6 is 23.3 Å². The molecule has 0 aliphatic carbocycles. The third-order valence-corrected chi connectivity index (χ3v) is 7.09. The molecule has 1 aliphatic rings. The molecule has 33 heavy (non-hydrogen) atoms. The summed E-state index contributed by atoms with van der Waals surface area (Å²) in [6.45, 7) is 2.91. The molecule has 3 aromatic rings. The van der Waals surface area contributed by atoms with Crippen molar-refractivity contribution in [2.75, 3.05) is 26.0 Å². The van der Waals surface area contributed by atoms with E-state index in [-0.39, 0.29) is 29.4 Å². The summed E-state index contributed by atoms with van der Waals surface area (Å²) >= 11 is 2.30. The highest BCUT2D eigenvalue weighted by Crippen LogP contribution is 2.35. The Morgan fingerprint density at radius 3 is 2.79 bits per heavy atom. The monoisotopic (exact) mass is 487 g/mol. The molecular weight excluding hydrogens is 465 g/mol. The predicted molar refractivity (Wildman–Crippen MR) is 123 cm³/mol. The molecule has 172 valence electrons. The van der Waals surface area contributed by atoms with Crippen LogP contribution in [0.3, 0.4) is 0 Å². The zero-order chi connectivity index (χ0) is 23.4. The van der Waals surface area contributed by atoms with Crippen molar-refractivity contribution in [1.29, 1.82) is 0 Å². The van der Waals surface area contributed by atoms with E-state index >= 15 is 0 Å². The molecule has 2 aromatic heterocycles. The Balaban J connectivity index is 1.65. The van der Waals surface area contributed by atoms with E-state index in [4.69, 9.17) is 9.72 Å². The SMILES string of the molecule is COC(=O)CSc1ncc(-c2ccc(F)cc2)c([C@H]2CCCN(C(=O)c3snnc3C)C2)n1. The highest BCUT2D eigenvalue weighted by Gasteiger charge is 2.30. The molecular formula is C22H22FN5O3S2. The Labute approximate surface area is 198 Å². The number of aryl methyl sites for hydroxylation is 1. The third kappa shape index (κ3) is 5.36. The number of methoxy groups -OCH3 is 1. The molecule has 0 N–H and O–H groups in total. The van der Waals surface area contributed by atoms with Crippen LogP contribution < -0.4 is 0 Å². The van der Waals surface area contributed by atoms with Gasteiger partial charge >= 0.3 is 5.97 Å². The summed E-state index contributed by atoms with van der Waals surface area (Å²) in [6, 6.07) is 6.18. The van der Waals surface area contributed by atoms with Crippen molar-refractivity contribution in [3.8, 4) is 11.1 Å². The summed E-state index contributed by atoms with van der Waals surface area (Å²) in [4.78, 5) is 36.1. The van der Waals surface area contributed by atoms with Gasteiger partial charge in [-0.2, -0.15) is 0 Å². The van der Waals surface area contributed by atoms with Crippen LogP contribution in [0.15, 0.2) is 35.6 Å². The van der Waals surface area contributed by atoms with E-state index in [2.05, 4.69) is 14.6 Å². The highest BCUT2D eigenvalue weighted by atomic mass is 32.2. The average Bonchev–Trinajstić information content (AvgIpc) is 3.28. The number of benzene rings is 1. The number of ether oxygens (including phenoxy) is 1. The van der Waals surface area contributed by atoms with Crippen molar-refractivity contribution in [3.05, 3.63) is 52.5 Å². The number of rotatable bonds is 6. The molecule has 1 saturated heterocycles. The van der Waals surface area contributed by atoms with Gasteiger partial charge in [-0.05, 0) is 49.0 Å². The van der Waals surface area contributed by atoms with Gasteiger partial charge in [-0.1, -0.05) is 28.4 Å². The number of nitrogens with zero attached hydrogens (tertiary/aromatic N) is 5. The van der Waals surface area contributed by atoms with Crippen LogP contribution in [0.4, 0.5) is 4.39 Å². The largest absolute Gasteiger partial charge is 0.468 e. The second-order valence-corrected chi connectivity index (χ2v) is 9.30. The Morgan fingerprint density at radius 1 is 1.30 bits per heavy atom. The van der Waals surface area contributed by atoms with Crippen molar-refractivity contribution >= 4 is 35.2 Å². The summed E-state index contributed by atoms with van der Waals surface area (Å²) < 4.78 is 22.1. The van der Waals surface area contributed by atoms with E-state index < -0.39 is 0 Å². The molecule has 0 spiro atoms. The molecule has 1 atom stereocenters. The first-order valence-corrected chi connectivity index (χ1v) is 12.1. The molecule has 1 amide bonds. The minimum absolute atomic E-state index is 0.0376. The normalized spacial score (nSPS) is 16.0.